The number of nitrogens with zero attached hydrogens (tertiary/aromatic N) is 3. The number of rotatable bonds is 3. The number of nitriles is 1. The van der Waals surface area contributed by atoms with Gasteiger partial charge in [-0.05, 0) is 18.9 Å². The minimum atomic E-state index is 0.336. The number of anilines is 2. The summed E-state index contributed by atoms with van der Waals surface area (Å²) in [4.78, 5) is 8.61. The third-order valence-electron chi connectivity index (χ3n) is 2.75. The normalized spacial score (nSPS) is 14.2. The Morgan fingerprint density at radius 2 is 2.33 bits per heavy atom. The summed E-state index contributed by atoms with van der Waals surface area (Å²) in [6.07, 6.45) is 4.01. The topological polar surface area (TPSA) is 61.6 Å². The molecule has 0 saturated heterocycles. The van der Waals surface area contributed by atoms with Gasteiger partial charge in [0, 0.05) is 17.5 Å². The Bertz CT molecular complexity index is 627. The number of thiazole rings is 1. The predicted molar refractivity (Wildman–Crippen MR) is 71.3 cm³/mol. The Balaban J connectivity index is 1.85. The highest BCUT2D eigenvalue weighted by atomic mass is 35.5. The lowest BCUT2D eigenvalue weighted by molar-refractivity contribution is 1.05. The van der Waals surface area contributed by atoms with E-state index in [1.165, 1.54) is 24.2 Å². The van der Waals surface area contributed by atoms with Gasteiger partial charge in [0.25, 0.3) is 0 Å². The molecular formula is C12H9ClN4S. The molecule has 1 aliphatic carbocycles. The second-order valence-corrected chi connectivity index (χ2v) is 5.35. The molecule has 1 saturated carbocycles. The van der Waals surface area contributed by atoms with Gasteiger partial charge in [0.05, 0.1) is 11.3 Å². The van der Waals surface area contributed by atoms with Crippen LogP contribution in [0, 0.1) is 11.3 Å². The molecule has 90 valence electrons. The number of halogens is 1. The van der Waals surface area contributed by atoms with Crippen LogP contribution < -0.4 is 5.32 Å². The van der Waals surface area contributed by atoms with Gasteiger partial charge in [0.2, 0.25) is 0 Å². The molecule has 3 rings (SSSR count). The van der Waals surface area contributed by atoms with Crippen LogP contribution in [0.15, 0.2) is 17.6 Å². The molecule has 0 spiro atoms. The monoisotopic (exact) mass is 276 g/mol. The van der Waals surface area contributed by atoms with E-state index < -0.39 is 0 Å². The molecule has 0 unspecified atom stereocenters. The van der Waals surface area contributed by atoms with Crippen LogP contribution in [-0.4, -0.2) is 9.97 Å². The lowest BCUT2D eigenvalue weighted by atomic mass is 10.3. The molecule has 1 aliphatic rings. The molecule has 4 nitrogen and oxygen atoms in total. The van der Waals surface area contributed by atoms with Gasteiger partial charge in [0.15, 0.2) is 10.9 Å². The smallest absolute Gasteiger partial charge is 0.188 e. The first-order valence-electron chi connectivity index (χ1n) is 5.55. The van der Waals surface area contributed by atoms with E-state index in [9.17, 15) is 0 Å². The highest BCUT2D eigenvalue weighted by Crippen LogP contribution is 2.41. The Hall–Kier alpha value is -1.64. The zero-order chi connectivity index (χ0) is 12.5. The SMILES string of the molecule is N#Cc1ccnc(Nc2nc(C3CC3)cs2)c1Cl. The molecule has 18 heavy (non-hydrogen) atoms. The summed E-state index contributed by atoms with van der Waals surface area (Å²) in [5.74, 6) is 1.11. The molecule has 0 aromatic carbocycles. The predicted octanol–water partition coefficient (Wildman–Crippen LogP) is 3.68. The summed E-state index contributed by atoms with van der Waals surface area (Å²) in [7, 11) is 0. The molecule has 2 heterocycles. The van der Waals surface area contributed by atoms with Crippen LogP contribution in [0.3, 0.4) is 0 Å². The van der Waals surface area contributed by atoms with E-state index in [0.717, 1.165) is 10.8 Å². The van der Waals surface area contributed by atoms with Crippen molar-refractivity contribution in [3.63, 3.8) is 0 Å². The first-order chi connectivity index (χ1) is 8.78. The van der Waals surface area contributed by atoms with Crippen LogP contribution >= 0.6 is 22.9 Å². The Morgan fingerprint density at radius 3 is 3.06 bits per heavy atom. The Labute approximate surface area is 113 Å². The molecular weight excluding hydrogens is 268 g/mol. The van der Waals surface area contributed by atoms with Gasteiger partial charge in [-0.2, -0.15) is 5.26 Å². The van der Waals surface area contributed by atoms with Crippen molar-refractivity contribution in [2.45, 2.75) is 18.8 Å². The number of hydrogen-bond donors (Lipinski definition) is 1. The number of hydrogen-bond acceptors (Lipinski definition) is 5. The molecule has 0 amide bonds. The van der Waals surface area contributed by atoms with E-state index in [0.29, 0.717) is 22.3 Å². The molecule has 0 bridgehead atoms. The van der Waals surface area contributed by atoms with Crippen LogP contribution in [0.4, 0.5) is 10.9 Å². The van der Waals surface area contributed by atoms with E-state index in [2.05, 4.69) is 20.7 Å². The van der Waals surface area contributed by atoms with Gasteiger partial charge in [-0.15, -0.1) is 11.3 Å². The second-order valence-electron chi connectivity index (χ2n) is 4.11. The second kappa shape index (κ2) is 4.56. The van der Waals surface area contributed by atoms with Crippen molar-refractivity contribution in [3.8, 4) is 6.07 Å². The van der Waals surface area contributed by atoms with Crippen molar-refractivity contribution < 1.29 is 0 Å². The largest absolute Gasteiger partial charge is 0.315 e. The lowest BCUT2D eigenvalue weighted by Gasteiger charge is -2.04. The van der Waals surface area contributed by atoms with E-state index in [1.807, 2.05) is 6.07 Å². The van der Waals surface area contributed by atoms with Crippen LogP contribution in [-0.2, 0) is 0 Å². The fourth-order valence-electron chi connectivity index (χ4n) is 1.63. The molecule has 1 fully saturated rings. The van der Waals surface area contributed by atoms with Crippen molar-refractivity contribution in [1.82, 2.24) is 9.97 Å². The average molecular weight is 277 g/mol. The van der Waals surface area contributed by atoms with Crippen molar-refractivity contribution in [2.75, 3.05) is 5.32 Å². The highest BCUT2D eigenvalue weighted by molar-refractivity contribution is 7.13. The zero-order valence-electron chi connectivity index (χ0n) is 9.35. The third-order valence-corrected chi connectivity index (χ3v) is 3.91. The number of pyridine rings is 1. The fourth-order valence-corrected chi connectivity index (χ4v) is 2.62. The van der Waals surface area contributed by atoms with Gasteiger partial charge in [-0.3, -0.25) is 0 Å². The minimum absolute atomic E-state index is 0.336. The van der Waals surface area contributed by atoms with Crippen molar-refractivity contribution >= 4 is 33.9 Å². The number of aromatic nitrogens is 2. The summed E-state index contributed by atoms with van der Waals surface area (Å²) in [5, 5.41) is 15.1. The Kier molecular flexibility index (Phi) is 2.90. The van der Waals surface area contributed by atoms with E-state index in [-0.39, 0.29) is 0 Å². The standard InChI is InChI=1S/C12H9ClN4S/c13-10-8(5-14)3-4-15-11(10)17-12-16-9(6-18-12)7-1-2-7/h3-4,6-7H,1-2H2,(H,15,16,17). The molecule has 0 aliphatic heterocycles. The molecule has 0 radical (unpaired) electrons. The number of nitrogens with one attached hydrogen (secondary N) is 1. The molecule has 2 aromatic rings. The maximum absolute atomic E-state index is 8.89. The van der Waals surface area contributed by atoms with Crippen molar-refractivity contribution in [1.29, 1.82) is 5.26 Å². The van der Waals surface area contributed by atoms with E-state index in [4.69, 9.17) is 16.9 Å². The Morgan fingerprint density at radius 1 is 1.50 bits per heavy atom. The summed E-state index contributed by atoms with van der Waals surface area (Å²) >= 11 is 7.60. The van der Waals surface area contributed by atoms with Crippen LogP contribution in [0.2, 0.25) is 5.02 Å². The molecule has 2 aromatic heterocycles. The summed E-state index contributed by atoms with van der Waals surface area (Å²) in [6.45, 7) is 0. The van der Waals surface area contributed by atoms with E-state index >= 15 is 0 Å². The highest BCUT2D eigenvalue weighted by Gasteiger charge is 2.26. The van der Waals surface area contributed by atoms with Crippen molar-refractivity contribution in [3.05, 3.63) is 33.9 Å². The van der Waals surface area contributed by atoms with E-state index in [1.54, 1.807) is 12.3 Å². The van der Waals surface area contributed by atoms with Crippen LogP contribution in [0.25, 0.3) is 0 Å². The summed E-state index contributed by atoms with van der Waals surface area (Å²) in [6, 6.07) is 3.61. The molecule has 6 heteroatoms. The van der Waals surface area contributed by atoms with Crippen LogP contribution in [0.5, 0.6) is 0 Å². The maximum Gasteiger partial charge on any atom is 0.188 e. The first-order valence-corrected chi connectivity index (χ1v) is 6.80. The minimum Gasteiger partial charge on any atom is -0.315 e. The first kappa shape index (κ1) is 11.5. The fraction of sp³-hybridized carbons (Fsp3) is 0.250. The lowest BCUT2D eigenvalue weighted by Crippen LogP contribution is -1.95. The third kappa shape index (κ3) is 2.17. The van der Waals surface area contributed by atoms with Gasteiger partial charge in [-0.1, -0.05) is 11.6 Å². The maximum atomic E-state index is 8.89. The van der Waals surface area contributed by atoms with Gasteiger partial charge < -0.3 is 5.32 Å². The molecule has 0 atom stereocenters. The van der Waals surface area contributed by atoms with Crippen molar-refractivity contribution in [2.24, 2.45) is 0 Å². The zero-order valence-corrected chi connectivity index (χ0v) is 10.9. The average Bonchev–Trinajstić information content (AvgIpc) is 3.13. The van der Waals surface area contributed by atoms with Crippen LogP contribution in [0.1, 0.15) is 30.0 Å². The van der Waals surface area contributed by atoms with Gasteiger partial charge in [0.1, 0.15) is 11.1 Å². The molecule has 1 N–H and O–H groups in total. The van der Waals surface area contributed by atoms with Gasteiger partial charge in [-0.25, -0.2) is 9.97 Å². The van der Waals surface area contributed by atoms with Gasteiger partial charge >= 0.3 is 0 Å². The summed E-state index contributed by atoms with van der Waals surface area (Å²) < 4.78 is 0. The quantitative estimate of drug-likeness (QED) is 0.929. The summed E-state index contributed by atoms with van der Waals surface area (Å²) in [5.41, 5.74) is 1.54.